The largest absolute Gasteiger partial charge is 0.443 e. The third-order valence-corrected chi connectivity index (χ3v) is 7.30. The number of carbonyl (C=O) groups excluding carboxylic acids is 1. The van der Waals surface area contributed by atoms with Crippen molar-refractivity contribution in [2.24, 2.45) is 11.8 Å². The van der Waals surface area contributed by atoms with Gasteiger partial charge in [0.15, 0.2) is 5.01 Å². The fourth-order valence-corrected chi connectivity index (χ4v) is 5.13. The van der Waals surface area contributed by atoms with Gasteiger partial charge in [0.2, 0.25) is 0 Å². The maximum absolute atomic E-state index is 12.8. The molecule has 3 aromatic rings. The van der Waals surface area contributed by atoms with Crippen LogP contribution in [0.5, 0.6) is 0 Å². The average molecular weight is 465 g/mol. The van der Waals surface area contributed by atoms with Gasteiger partial charge in [-0.3, -0.25) is 9.48 Å². The minimum Gasteiger partial charge on any atom is -0.320 e. The quantitative estimate of drug-likeness (QED) is 0.456. The van der Waals surface area contributed by atoms with Crippen molar-refractivity contribution in [3.63, 3.8) is 0 Å². The normalized spacial score (nSPS) is 19.6. The molecule has 1 aromatic carbocycles. The number of halogens is 3. The Morgan fingerprint density at radius 1 is 1.25 bits per heavy atom. The lowest BCUT2D eigenvalue weighted by molar-refractivity contribution is -0.137. The van der Waals surface area contributed by atoms with Crippen molar-refractivity contribution in [2.75, 3.05) is 5.32 Å². The zero-order chi connectivity index (χ0) is 23.0. The molecule has 0 atom stereocenters. The molecule has 2 heterocycles. The number of nitrogens with zero attached hydrogens (tertiary/aromatic N) is 3. The highest BCUT2D eigenvalue weighted by Crippen LogP contribution is 2.37. The molecule has 0 spiro atoms. The summed E-state index contributed by atoms with van der Waals surface area (Å²) in [6, 6.07) is 4.17. The van der Waals surface area contributed by atoms with Gasteiger partial charge in [0.05, 0.1) is 11.6 Å². The van der Waals surface area contributed by atoms with Gasteiger partial charge in [-0.05, 0) is 61.6 Å². The Hall–Kier alpha value is -2.42. The summed E-state index contributed by atoms with van der Waals surface area (Å²) in [4.78, 5) is 16.0. The summed E-state index contributed by atoms with van der Waals surface area (Å²) < 4.78 is 40.5. The second-order valence-electron chi connectivity index (χ2n) is 8.83. The molecule has 1 N–H and O–H groups in total. The topological polar surface area (TPSA) is 59.8 Å². The lowest BCUT2D eigenvalue weighted by Crippen LogP contribution is -2.21. The van der Waals surface area contributed by atoms with Gasteiger partial charge in [0, 0.05) is 22.7 Å². The third-order valence-electron chi connectivity index (χ3n) is 6.41. The van der Waals surface area contributed by atoms with E-state index in [1.165, 1.54) is 12.8 Å². The van der Waals surface area contributed by atoms with Crippen LogP contribution in [-0.4, -0.2) is 20.7 Å². The summed E-state index contributed by atoms with van der Waals surface area (Å²) in [5, 5.41) is 8.54. The minimum absolute atomic E-state index is 0.234. The fourth-order valence-electron chi connectivity index (χ4n) is 4.46. The van der Waals surface area contributed by atoms with E-state index in [1.54, 1.807) is 0 Å². The Morgan fingerprint density at radius 3 is 2.56 bits per heavy atom. The maximum Gasteiger partial charge on any atom is 0.443 e. The Morgan fingerprint density at radius 2 is 1.97 bits per heavy atom. The van der Waals surface area contributed by atoms with Crippen LogP contribution >= 0.6 is 11.3 Å². The Labute approximate surface area is 189 Å². The number of amides is 1. The van der Waals surface area contributed by atoms with E-state index >= 15 is 0 Å². The number of hydrogen-bond donors (Lipinski definition) is 1. The Balaban J connectivity index is 1.55. The predicted molar refractivity (Wildman–Crippen MR) is 120 cm³/mol. The molecule has 0 aliphatic heterocycles. The maximum atomic E-state index is 12.8. The molecule has 0 unspecified atom stereocenters. The molecule has 1 amide bonds. The van der Waals surface area contributed by atoms with Gasteiger partial charge >= 0.3 is 6.18 Å². The molecular formula is C23H27F3N4OS. The van der Waals surface area contributed by atoms with Crippen molar-refractivity contribution < 1.29 is 18.0 Å². The van der Waals surface area contributed by atoms with Crippen molar-refractivity contribution in [3.05, 3.63) is 40.0 Å². The zero-order valence-electron chi connectivity index (χ0n) is 18.4. The standard InChI is InChI=1S/C23H27F3N4OS/c1-4-14-9-19-16(11-30(29-19)17-7-5-15(6-8-17)13(2)3)10-18(14)27-21(31)20-12-32-22(28-20)23(24,25)26/h9-13,15,17H,4-8H2,1-3H3,(H,27,31)/t15-,17-. The zero-order valence-corrected chi connectivity index (χ0v) is 19.2. The first-order valence-electron chi connectivity index (χ1n) is 11.0. The van der Waals surface area contributed by atoms with Crippen LogP contribution in [0.1, 0.15) is 73.6 Å². The first-order chi connectivity index (χ1) is 15.2. The number of nitrogens with one attached hydrogen (secondary N) is 1. The molecule has 172 valence electrons. The summed E-state index contributed by atoms with van der Waals surface area (Å²) in [6.45, 7) is 6.53. The second-order valence-corrected chi connectivity index (χ2v) is 9.69. The molecule has 32 heavy (non-hydrogen) atoms. The van der Waals surface area contributed by atoms with Gasteiger partial charge in [-0.2, -0.15) is 18.3 Å². The van der Waals surface area contributed by atoms with Crippen molar-refractivity contribution >= 4 is 33.8 Å². The molecule has 2 aromatic heterocycles. The molecule has 9 heteroatoms. The van der Waals surface area contributed by atoms with E-state index in [0.717, 1.165) is 40.6 Å². The first-order valence-corrected chi connectivity index (χ1v) is 11.9. The number of benzene rings is 1. The molecule has 1 aliphatic rings. The monoisotopic (exact) mass is 464 g/mol. The molecular weight excluding hydrogens is 437 g/mol. The molecule has 0 bridgehead atoms. The molecule has 5 nitrogen and oxygen atoms in total. The van der Waals surface area contributed by atoms with Gasteiger partial charge < -0.3 is 5.32 Å². The first kappa shape index (κ1) is 22.8. The van der Waals surface area contributed by atoms with Crippen LogP contribution in [0, 0.1) is 11.8 Å². The molecule has 0 saturated heterocycles. The highest BCUT2D eigenvalue weighted by Gasteiger charge is 2.35. The van der Waals surface area contributed by atoms with Crippen LogP contribution in [0.15, 0.2) is 23.7 Å². The van der Waals surface area contributed by atoms with Crippen LogP contribution < -0.4 is 5.32 Å². The fraction of sp³-hybridized carbons (Fsp3) is 0.522. The van der Waals surface area contributed by atoms with Crippen molar-refractivity contribution in [2.45, 2.75) is 65.1 Å². The van der Waals surface area contributed by atoms with Gasteiger partial charge in [-0.15, -0.1) is 11.3 Å². The lowest BCUT2D eigenvalue weighted by atomic mass is 9.80. The van der Waals surface area contributed by atoms with Crippen LogP contribution in [0.3, 0.4) is 0 Å². The van der Waals surface area contributed by atoms with E-state index < -0.39 is 17.1 Å². The summed E-state index contributed by atoms with van der Waals surface area (Å²) >= 11 is 0.418. The SMILES string of the molecule is CCc1cc2nn([C@H]3CC[C@H](C(C)C)CC3)cc2cc1NC(=O)c1csc(C(F)(F)F)n1. The van der Waals surface area contributed by atoms with Crippen LogP contribution in [-0.2, 0) is 12.6 Å². The number of thiazole rings is 1. The van der Waals surface area contributed by atoms with E-state index in [2.05, 4.69) is 24.1 Å². The number of fused-ring (bicyclic) bond motifs is 1. The number of aryl methyl sites for hydroxylation is 1. The summed E-state index contributed by atoms with van der Waals surface area (Å²) in [5.41, 5.74) is 2.08. The molecule has 1 saturated carbocycles. The van der Waals surface area contributed by atoms with Crippen molar-refractivity contribution in [1.82, 2.24) is 14.8 Å². The van der Waals surface area contributed by atoms with Gasteiger partial charge in [0.25, 0.3) is 5.91 Å². The van der Waals surface area contributed by atoms with Crippen molar-refractivity contribution in [1.29, 1.82) is 0 Å². The van der Waals surface area contributed by atoms with Gasteiger partial charge in [-0.1, -0.05) is 20.8 Å². The third kappa shape index (κ3) is 4.67. The number of anilines is 1. The predicted octanol–water partition coefficient (Wildman–Crippen LogP) is 6.71. The summed E-state index contributed by atoms with van der Waals surface area (Å²) in [7, 11) is 0. The molecule has 4 rings (SSSR count). The summed E-state index contributed by atoms with van der Waals surface area (Å²) in [5.74, 6) is 0.828. The average Bonchev–Trinajstić information content (AvgIpc) is 3.40. The number of hydrogen-bond acceptors (Lipinski definition) is 4. The van der Waals surface area contributed by atoms with E-state index in [1.807, 2.05) is 29.9 Å². The molecule has 0 radical (unpaired) electrons. The van der Waals surface area contributed by atoms with E-state index in [-0.39, 0.29) is 5.69 Å². The lowest BCUT2D eigenvalue weighted by Gasteiger charge is -2.30. The van der Waals surface area contributed by atoms with Crippen LogP contribution in [0.25, 0.3) is 10.9 Å². The Bertz CT molecular complexity index is 1110. The van der Waals surface area contributed by atoms with E-state index in [0.29, 0.717) is 35.4 Å². The highest BCUT2D eigenvalue weighted by molar-refractivity contribution is 7.10. The molecule has 1 aliphatic carbocycles. The Kier molecular flexibility index (Phi) is 6.29. The smallest absolute Gasteiger partial charge is 0.320 e. The number of alkyl halides is 3. The molecule has 1 fully saturated rings. The van der Waals surface area contributed by atoms with Crippen LogP contribution in [0.4, 0.5) is 18.9 Å². The number of aromatic nitrogens is 3. The van der Waals surface area contributed by atoms with Gasteiger partial charge in [-0.25, -0.2) is 4.98 Å². The van der Waals surface area contributed by atoms with E-state index in [9.17, 15) is 18.0 Å². The number of rotatable bonds is 5. The second kappa shape index (κ2) is 8.84. The number of carbonyl (C=O) groups is 1. The highest BCUT2D eigenvalue weighted by atomic mass is 32.1. The summed E-state index contributed by atoms with van der Waals surface area (Å²) in [6.07, 6.45) is 2.72. The van der Waals surface area contributed by atoms with E-state index in [4.69, 9.17) is 5.10 Å². The van der Waals surface area contributed by atoms with Crippen LogP contribution in [0.2, 0.25) is 0 Å². The van der Waals surface area contributed by atoms with Crippen molar-refractivity contribution in [3.8, 4) is 0 Å². The van der Waals surface area contributed by atoms with Gasteiger partial charge in [0.1, 0.15) is 5.69 Å². The minimum atomic E-state index is -4.56.